The summed E-state index contributed by atoms with van der Waals surface area (Å²) in [6.07, 6.45) is 0. The monoisotopic (exact) mass is 502 g/mol. The number of imidazole rings is 1. The number of nitrogens with one attached hydrogen (secondary N) is 1. The molecule has 1 N–H and O–H groups in total. The van der Waals surface area contributed by atoms with Crippen LogP contribution in [-0.4, -0.2) is 53.2 Å². The molecule has 8 nitrogen and oxygen atoms in total. The molecule has 1 aliphatic heterocycles. The maximum atomic E-state index is 13.1. The summed E-state index contributed by atoms with van der Waals surface area (Å²) in [6, 6.07) is 17.6. The molecule has 4 aromatic rings. The molecule has 0 radical (unpaired) electrons. The van der Waals surface area contributed by atoms with Gasteiger partial charge in [0, 0.05) is 26.2 Å². The Morgan fingerprint density at radius 3 is 2.70 bits per heavy atom. The van der Waals surface area contributed by atoms with E-state index in [1.807, 2.05) is 37.3 Å². The van der Waals surface area contributed by atoms with Crippen LogP contribution in [0.2, 0.25) is 0 Å². The van der Waals surface area contributed by atoms with Crippen molar-refractivity contribution in [2.75, 3.05) is 38.2 Å². The van der Waals surface area contributed by atoms with E-state index in [0.29, 0.717) is 24.2 Å². The predicted molar refractivity (Wildman–Crippen MR) is 143 cm³/mol. The highest BCUT2D eigenvalue weighted by molar-refractivity contribution is 6.02. The van der Waals surface area contributed by atoms with Crippen LogP contribution in [0.25, 0.3) is 11.0 Å². The lowest BCUT2D eigenvalue weighted by atomic mass is 10.0. The van der Waals surface area contributed by atoms with Crippen molar-refractivity contribution in [1.29, 1.82) is 0 Å². The van der Waals surface area contributed by atoms with Crippen LogP contribution in [0.1, 0.15) is 47.2 Å². The third-order valence-electron chi connectivity index (χ3n) is 6.67. The number of para-hydroxylation sites is 2. The number of nitrogens with zero attached hydrogens (tertiary/aromatic N) is 3. The van der Waals surface area contributed by atoms with Crippen LogP contribution in [0.4, 0.5) is 5.95 Å². The maximum Gasteiger partial charge on any atom is 0.293 e. The molecular formula is C29H34N4O4. The largest absolute Gasteiger partial charge is 0.485 e. The molecule has 1 aliphatic rings. The topological polar surface area (TPSA) is 81.8 Å². The highest BCUT2D eigenvalue weighted by atomic mass is 16.5. The summed E-state index contributed by atoms with van der Waals surface area (Å²) < 4.78 is 19.4. The van der Waals surface area contributed by atoms with Gasteiger partial charge in [-0.05, 0) is 54.3 Å². The van der Waals surface area contributed by atoms with Crippen LogP contribution >= 0.6 is 0 Å². The number of furan rings is 1. The smallest absolute Gasteiger partial charge is 0.293 e. The second kappa shape index (κ2) is 11.2. The van der Waals surface area contributed by atoms with Crippen molar-refractivity contribution in [1.82, 2.24) is 14.5 Å². The number of amides is 1. The van der Waals surface area contributed by atoms with E-state index in [1.165, 1.54) is 0 Å². The first kappa shape index (κ1) is 25.0. The molecule has 0 unspecified atom stereocenters. The molecule has 194 valence electrons. The van der Waals surface area contributed by atoms with Gasteiger partial charge in [-0.2, -0.15) is 0 Å². The van der Waals surface area contributed by atoms with Gasteiger partial charge in [0.1, 0.15) is 18.1 Å². The molecule has 37 heavy (non-hydrogen) atoms. The Labute approximate surface area is 217 Å². The minimum absolute atomic E-state index is 0.221. The van der Waals surface area contributed by atoms with E-state index in [-0.39, 0.29) is 18.3 Å². The first-order chi connectivity index (χ1) is 18.0. The van der Waals surface area contributed by atoms with Gasteiger partial charge in [-0.1, -0.05) is 38.1 Å². The number of anilines is 1. The number of rotatable bonds is 9. The first-order valence-corrected chi connectivity index (χ1v) is 12.9. The molecule has 0 spiro atoms. The molecule has 0 atom stereocenters. The van der Waals surface area contributed by atoms with Crippen molar-refractivity contribution in [3.05, 3.63) is 77.2 Å². The van der Waals surface area contributed by atoms with Crippen LogP contribution in [0.5, 0.6) is 5.75 Å². The van der Waals surface area contributed by atoms with Gasteiger partial charge in [-0.3, -0.25) is 15.0 Å². The van der Waals surface area contributed by atoms with Crippen molar-refractivity contribution >= 4 is 22.9 Å². The summed E-state index contributed by atoms with van der Waals surface area (Å²) in [5, 5.41) is 2.96. The lowest BCUT2D eigenvalue weighted by Crippen LogP contribution is -2.38. The fourth-order valence-electron chi connectivity index (χ4n) is 4.60. The zero-order chi connectivity index (χ0) is 25.8. The minimum Gasteiger partial charge on any atom is -0.485 e. The SMILES string of the molecule is Cc1ccc(C(C)C)c(OCc2ccc(C(=O)Nc3nc4ccccc4n3CCN3CCOCC3)o2)c1. The van der Waals surface area contributed by atoms with Gasteiger partial charge in [0.25, 0.3) is 5.91 Å². The average molecular weight is 503 g/mol. The molecule has 8 heteroatoms. The van der Waals surface area contributed by atoms with E-state index in [9.17, 15) is 4.79 Å². The molecule has 0 aliphatic carbocycles. The van der Waals surface area contributed by atoms with Gasteiger partial charge in [0.05, 0.1) is 24.2 Å². The summed E-state index contributed by atoms with van der Waals surface area (Å²) in [7, 11) is 0. The number of hydrogen-bond donors (Lipinski definition) is 1. The number of carbonyl (C=O) groups excluding carboxylic acids is 1. The maximum absolute atomic E-state index is 13.1. The molecule has 2 aromatic carbocycles. The molecule has 3 heterocycles. The summed E-state index contributed by atoms with van der Waals surface area (Å²) in [4.78, 5) is 20.1. The number of aryl methyl sites for hydroxylation is 1. The van der Waals surface area contributed by atoms with E-state index in [1.54, 1.807) is 12.1 Å². The Morgan fingerprint density at radius 1 is 1.08 bits per heavy atom. The fraction of sp³-hybridized carbons (Fsp3) is 0.379. The quantitative estimate of drug-likeness (QED) is 0.338. The third kappa shape index (κ3) is 5.87. The third-order valence-corrected chi connectivity index (χ3v) is 6.67. The highest BCUT2D eigenvalue weighted by Crippen LogP contribution is 2.28. The van der Waals surface area contributed by atoms with Crippen molar-refractivity contribution in [2.45, 2.75) is 39.8 Å². The molecule has 1 amide bonds. The number of benzene rings is 2. The van der Waals surface area contributed by atoms with E-state index >= 15 is 0 Å². The van der Waals surface area contributed by atoms with E-state index in [2.05, 4.69) is 45.7 Å². The van der Waals surface area contributed by atoms with Crippen LogP contribution in [0, 0.1) is 6.92 Å². The van der Waals surface area contributed by atoms with Gasteiger partial charge in [0.15, 0.2) is 5.76 Å². The highest BCUT2D eigenvalue weighted by Gasteiger charge is 2.19. The number of hydrogen-bond acceptors (Lipinski definition) is 6. The van der Waals surface area contributed by atoms with Crippen LogP contribution in [0.3, 0.4) is 0 Å². The van der Waals surface area contributed by atoms with Crippen molar-refractivity contribution in [3.8, 4) is 5.75 Å². The Kier molecular flexibility index (Phi) is 7.58. The average Bonchev–Trinajstić information content (AvgIpc) is 3.51. The van der Waals surface area contributed by atoms with Gasteiger partial charge in [-0.15, -0.1) is 0 Å². The fourth-order valence-corrected chi connectivity index (χ4v) is 4.60. The number of carbonyl (C=O) groups is 1. The van der Waals surface area contributed by atoms with Gasteiger partial charge >= 0.3 is 0 Å². The minimum atomic E-state index is -0.340. The Morgan fingerprint density at radius 2 is 1.89 bits per heavy atom. The van der Waals surface area contributed by atoms with E-state index in [4.69, 9.17) is 13.9 Å². The first-order valence-electron chi connectivity index (χ1n) is 12.9. The Balaban J connectivity index is 1.28. The summed E-state index contributed by atoms with van der Waals surface area (Å²) in [5.41, 5.74) is 4.10. The molecule has 0 bridgehead atoms. The second-order valence-corrected chi connectivity index (χ2v) is 9.73. The zero-order valence-electron chi connectivity index (χ0n) is 21.7. The molecular weight excluding hydrogens is 468 g/mol. The number of ether oxygens (including phenoxy) is 2. The summed E-state index contributed by atoms with van der Waals surface area (Å²) >= 11 is 0. The predicted octanol–water partition coefficient (Wildman–Crippen LogP) is 5.22. The van der Waals surface area contributed by atoms with Crippen LogP contribution < -0.4 is 10.1 Å². The van der Waals surface area contributed by atoms with Gasteiger partial charge in [-0.25, -0.2) is 4.98 Å². The lowest BCUT2D eigenvalue weighted by molar-refractivity contribution is 0.0366. The lowest BCUT2D eigenvalue weighted by Gasteiger charge is -2.26. The number of aromatic nitrogens is 2. The molecule has 5 rings (SSSR count). The van der Waals surface area contributed by atoms with Crippen LogP contribution in [-0.2, 0) is 17.9 Å². The van der Waals surface area contributed by atoms with E-state index < -0.39 is 0 Å². The molecule has 1 fully saturated rings. The number of fused-ring (bicyclic) bond motifs is 1. The standard InChI is InChI=1S/C29H34N4O4/c1-20(2)23-10-8-21(3)18-27(23)36-19-22-9-11-26(37-22)28(34)31-29-30-24-6-4-5-7-25(24)33(29)13-12-32-14-16-35-17-15-32/h4-11,18,20H,12-17,19H2,1-3H3,(H,30,31,34). The van der Waals surface area contributed by atoms with Crippen molar-refractivity contribution in [3.63, 3.8) is 0 Å². The summed E-state index contributed by atoms with van der Waals surface area (Å²) in [5.74, 6) is 2.16. The van der Waals surface area contributed by atoms with Crippen molar-refractivity contribution < 1.29 is 18.7 Å². The van der Waals surface area contributed by atoms with Crippen molar-refractivity contribution in [2.24, 2.45) is 0 Å². The summed E-state index contributed by atoms with van der Waals surface area (Å²) in [6.45, 7) is 11.5. The van der Waals surface area contributed by atoms with Gasteiger partial charge < -0.3 is 18.5 Å². The van der Waals surface area contributed by atoms with E-state index in [0.717, 1.165) is 60.8 Å². The Bertz CT molecular complexity index is 1370. The molecule has 1 saturated heterocycles. The zero-order valence-corrected chi connectivity index (χ0v) is 21.7. The number of morpholine rings is 1. The molecule has 2 aromatic heterocycles. The molecule has 0 saturated carbocycles. The van der Waals surface area contributed by atoms with Gasteiger partial charge in [0.2, 0.25) is 5.95 Å². The second-order valence-electron chi connectivity index (χ2n) is 9.73. The Hall–Kier alpha value is -3.62. The normalized spacial score (nSPS) is 14.4. The van der Waals surface area contributed by atoms with Crippen LogP contribution in [0.15, 0.2) is 59.0 Å².